The average molecular weight is 260 g/mol. The molecule has 0 bridgehead atoms. The highest BCUT2D eigenvalue weighted by Gasteiger charge is 2.28. The zero-order valence-electron chi connectivity index (χ0n) is 10.9. The van der Waals surface area contributed by atoms with Crippen LogP contribution in [-0.4, -0.2) is 23.9 Å². The number of carbonyl (C=O) groups excluding carboxylic acids is 1. The highest BCUT2D eigenvalue weighted by Crippen LogP contribution is 2.30. The standard InChI is InChI=1S/C15H17FN2O/c1-3-6-18(9-11-4-5-11)15(19)13-8-12(17)7-10(2)14(13)16/h1,7-8,11H,4-6,9,17H2,2H3. The summed E-state index contributed by atoms with van der Waals surface area (Å²) in [6.07, 6.45) is 7.48. The van der Waals surface area contributed by atoms with Crippen molar-refractivity contribution in [3.8, 4) is 12.3 Å². The van der Waals surface area contributed by atoms with Gasteiger partial charge < -0.3 is 10.6 Å². The quantitative estimate of drug-likeness (QED) is 0.666. The molecular weight excluding hydrogens is 243 g/mol. The Morgan fingerprint density at radius 1 is 1.58 bits per heavy atom. The highest BCUT2D eigenvalue weighted by atomic mass is 19.1. The van der Waals surface area contributed by atoms with Gasteiger partial charge in [0, 0.05) is 12.2 Å². The Kier molecular flexibility index (Phi) is 3.75. The molecule has 1 fully saturated rings. The van der Waals surface area contributed by atoms with Gasteiger partial charge in [-0.25, -0.2) is 4.39 Å². The van der Waals surface area contributed by atoms with Crippen LogP contribution in [0.1, 0.15) is 28.8 Å². The summed E-state index contributed by atoms with van der Waals surface area (Å²) < 4.78 is 14.0. The van der Waals surface area contributed by atoms with Gasteiger partial charge in [-0.05, 0) is 43.4 Å². The largest absolute Gasteiger partial charge is 0.399 e. The third-order valence-electron chi connectivity index (χ3n) is 3.25. The van der Waals surface area contributed by atoms with Gasteiger partial charge in [0.25, 0.3) is 5.91 Å². The molecular formula is C15H17FN2O. The van der Waals surface area contributed by atoms with Crippen LogP contribution in [-0.2, 0) is 0 Å². The van der Waals surface area contributed by atoms with Crippen LogP contribution in [0.5, 0.6) is 0 Å². The number of hydrogen-bond acceptors (Lipinski definition) is 2. The lowest BCUT2D eigenvalue weighted by molar-refractivity contribution is 0.0765. The Labute approximate surface area is 112 Å². The Morgan fingerprint density at radius 3 is 2.84 bits per heavy atom. The number of halogens is 1. The average Bonchev–Trinajstić information content (AvgIpc) is 3.16. The predicted molar refractivity (Wildman–Crippen MR) is 73.0 cm³/mol. The van der Waals surface area contributed by atoms with Gasteiger partial charge in [-0.3, -0.25) is 4.79 Å². The molecule has 1 amide bonds. The SMILES string of the molecule is C#CCN(CC1CC1)C(=O)c1cc(N)cc(C)c1F. The number of benzene rings is 1. The summed E-state index contributed by atoms with van der Waals surface area (Å²) in [5, 5.41) is 0. The first-order valence-electron chi connectivity index (χ1n) is 6.31. The predicted octanol–water partition coefficient (Wildman–Crippen LogP) is 2.20. The first-order chi connectivity index (χ1) is 9.02. The fourth-order valence-electron chi connectivity index (χ4n) is 2.06. The minimum Gasteiger partial charge on any atom is -0.399 e. The number of rotatable bonds is 4. The number of terminal acetylenes is 1. The van der Waals surface area contributed by atoms with Crippen LogP contribution in [0.15, 0.2) is 12.1 Å². The number of amides is 1. The molecule has 1 saturated carbocycles. The molecule has 0 aromatic heterocycles. The summed E-state index contributed by atoms with van der Waals surface area (Å²) in [5.41, 5.74) is 6.44. The van der Waals surface area contributed by atoms with Gasteiger partial charge in [0.2, 0.25) is 0 Å². The summed E-state index contributed by atoms with van der Waals surface area (Å²) >= 11 is 0. The molecule has 0 aliphatic heterocycles. The number of anilines is 1. The Balaban J connectivity index is 2.27. The van der Waals surface area contributed by atoms with E-state index in [9.17, 15) is 9.18 Å². The zero-order valence-corrected chi connectivity index (χ0v) is 10.9. The molecule has 0 unspecified atom stereocenters. The van der Waals surface area contributed by atoms with Crippen molar-refractivity contribution < 1.29 is 9.18 Å². The van der Waals surface area contributed by atoms with Gasteiger partial charge in [-0.2, -0.15) is 0 Å². The molecule has 0 saturated heterocycles. The lowest BCUT2D eigenvalue weighted by Crippen LogP contribution is -2.34. The number of hydrogen-bond donors (Lipinski definition) is 1. The molecule has 1 aromatic rings. The van der Waals surface area contributed by atoms with E-state index in [2.05, 4.69) is 5.92 Å². The van der Waals surface area contributed by atoms with E-state index in [0.717, 1.165) is 12.8 Å². The maximum atomic E-state index is 14.0. The van der Waals surface area contributed by atoms with Crippen molar-refractivity contribution in [3.63, 3.8) is 0 Å². The number of nitrogens with two attached hydrogens (primary N) is 1. The van der Waals surface area contributed by atoms with Crippen molar-refractivity contribution in [2.75, 3.05) is 18.8 Å². The number of carbonyl (C=O) groups is 1. The molecule has 0 heterocycles. The first-order valence-corrected chi connectivity index (χ1v) is 6.31. The van der Waals surface area contributed by atoms with Crippen LogP contribution >= 0.6 is 0 Å². The summed E-state index contributed by atoms with van der Waals surface area (Å²) in [6.45, 7) is 2.38. The van der Waals surface area contributed by atoms with Gasteiger partial charge in [0.1, 0.15) is 5.82 Å². The topological polar surface area (TPSA) is 46.3 Å². The second-order valence-electron chi connectivity index (χ2n) is 5.03. The van der Waals surface area contributed by atoms with Gasteiger partial charge in [0.05, 0.1) is 12.1 Å². The summed E-state index contributed by atoms with van der Waals surface area (Å²) in [5.74, 6) is 2.06. The van der Waals surface area contributed by atoms with Crippen LogP contribution in [0, 0.1) is 31.0 Å². The highest BCUT2D eigenvalue weighted by molar-refractivity contribution is 5.95. The molecule has 19 heavy (non-hydrogen) atoms. The molecule has 1 aromatic carbocycles. The maximum absolute atomic E-state index is 14.0. The van der Waals surface area contributed by atoms with Crippen molar-refractivity contribution in [1.82, 2.24) is 4.90 Å². The molecule has 0 atom stereocenters. The van der Waals surface area contributed by atoms with Crippen molar-refractivity contribution in [3.05, 3.63) is 29.1 Å². The third kappa shape index (κ3) is 3.05. The van der Waals surface area contributed by atoms with Crippen molar-refractivity contribution >= 4 is 11.6 Å². The number of nitrogen functional groups attached to an aromatic ring is 1. The lowest BCUT2D eigenvalue weighted by Gasteiger charge is -2.21. The molecule has 100 valence electrons. The van der Waals surface area contributed by atoms with E-state index in [-0.39, 0.29) is 18.0 Å². The monoisotopic (exact) mass is 260 g/mol. The number of nitrogens with zero attached hydrogens (tertiary/aromatic N) is 1. The fraction of sp³-hybridized carbons (Fsp3) is 0.400. The Morgan fingerprint density at radius 2 is 2.26 bits per heavy atom. The zero-order chi connectivity index (χ0) is 14.0. The summed E-state index contributed by atoms with van der Waals surface area (Å²) in [6, 6.07) is 2.89. The second kappa shape index (κ2) is 5.31. The van der Waals surface area contributed by atoms with Gasteiger partial charge >= 0.3 is 0 Å². The van der Waals surface area contributed by atoms with Crippen molar-refractivity contribution in [2.24, 2.45) is 5.92 Å². The normalized spacial score (nSPS) is 13.9. The van der Waals surface area contributed by atoms with Crippen LogP contribution in [0.2, 0.25) is 0 Å². The van der Waals surface area contributed by atoms with Gasteiger partial charge in [0.15, 0.2) is 0 Å². The van der Waals surface area contributed by atoms with E-state index in [1.807, 2.05) is 0 Å². The first kappa shape index (κ1) is 13.4. The van der Waals surface area contributed by atoms with E-state index in [1.54, 1.807) is 6.92 Å². The summed E-state index contributed by atoms with van der Waals surface area (Å²) in [7, 11) is 0. The van der Waals surface area contributed by atoms with E-state index >= 15 is 0 Å². The van der Waals surface area contributed by atoms with E-state index in [1.165, 1.54) is 17.0 Å². The van der Waals surface area contributed by atoms with Crippen molar-refractivity contribution in [1.29, 1.82) is 0 Å². The Bertz CT molecular complexity index is 544. The minimum atomic E-state index is -0.517. The van der Waals surface area contributed by atoms with E-state index < -0.39 is 5.82 Å². The molecule has 1 aliphatic rings. The van der Waals surface area contributed by atoms with E-state index in [0.29, 0.717) is 23.7 Å². The lowest BCUT2D eigenvalue weighted by atomic mass is 10.1. The molecule has 1 aliphatic carbocycles. The van der Waals surface area contributed by atoms with E-state index in [4.69, 9.17) is 12.2 Å². The molecule has 2 rings (SSSR count). The molecule has 2 N–H and O–H groups in total. The molecule has 0 spiro atoms. The van der Waals surface area contributed by atoms with Crippen LogP contribution in [0.4, 0.5) is 10.1 Å². The fourth-order valence-corrected chi connectivity index (χ4v) is 2.06. The molecule has 4 heteroatoms. The Hall–Kier alpha value is -2.02. The third-order valence-corrected chi connectivity index (χ3v) is 3.25. The molecule has 3 nitrogen and oxygen atoms in total. The minimum absolute atomic E-state index is 0.00778. The smallest absolute Gasteiger partial charge is 0.257 e. The molecule has 0 radical (unpaired) electrons. The van der Waals surface area contributed by atoms with Crippen LogP contribution < -0.4 is 5.73 Å². The van der Waals surface area contributed by atoms with Crippen LogP contribution in [0.25, 0.3) is 0 Å². The van der Waals surface area contributed by atoms with Crippen LogP contribution in [0.3, 0.4) is 0 Å². The van der Waals surface area contributed by atoms with Gasteiger partial charge in [-0.15, -0.1) is 6.42 Å². The summed E-state index contributed by atoms with van der Waals surface area (Å²) in [4.78, 5) is 13.9. The number of aryl methyl sites for hydroxylation is 1. The van der Waals surface area contributed by atoms with Crippen molar-refractivity contribution in [2.45, 2.75) is 19.8 Å². The second-order valence-corrected chi connectivity index (χ2v) is 5.03. The maximum Gasteiger partial charge on any atom is 0.257 e. The van der Waals surface area contributed by atoms with Gasteiger partial charge in [-0.1, -0.05) is 5.92 Å².